The molecule has 0 radical (unpaired) electrons. The molecule has 2 aromatic rings. The predicted octanol–water partition coefficient (Wildman–Crippen LogP) is 8.57. The van der Waals surface area contributed by atoms with Gasteiger partial charge in [-0.1, -0.05) is 171 Å². The van der Waals surface area contributed by atoms with Gasteiger partial charge in [0.15, 0.2) is 0 Å². The van der Waals surface area contributed by atoms with Crippen molar-refractivity contribution in [3.63, 3.8) is 0 Å². The Morgan fingerprint density at radius 1 is 0.703 bits per heavy atom. The molecule has 0 saturated carbocycles. The van der Waals surface area contributed by atoms with E-state index in [1.807, 2.05) is 0 Å². The third-order valence-corrected chi connectivity index (χ3v) is 12.6. The van der Waals surface area contributed by atoms with Gasteiger partial charge in [-0.2, -0.15) is 0 Å². The molecule has 2 aromatic carbocycles. The molecule has 0 aliphatic carbocycles. The normalized spacial score (nSPS) is 13.3. The summed E-state index contributed by atoms with van der Waals surface area (Å²) in [5, 5.41) is 12.7. The summed E-state index contributed by atoms with van der Waals surface area (Å²) in [6, 6.07) is 21.4. The zero-order valence-corrected chi connectivity index (χ0v) is 25.3. The molecule has 3 heteroatoms. The molecule has 206 valence electrons. The molecule has 2 rings (SSSR count). The van der Waals surface area contributed by atoms with E-state index in [0.29, 0.717) is 0 Å². The second kappa shape index (κ2) is 17.8. The number of unbranched alkanes of at least 4 members (excludes halogenated alkanes) is 12. The van der Waals surface area contributed by atoms with Crippen LogP contribution in [0.5, 0.6) is 0 Å². The average molecular weight is 523 g/mol. The highest BCUT2D eigenvalue weighted by Gasteiger charge is 2.51. The van der Waals surface area contributed by atoms with Gasteiger partial charge in [-0.3, -0.25) is 0 Å². The Morgan fingerprint density at radius 3 is 1.54 bits per heavy atom. The van der Waals surface area contributed by atoms with Gasteiger partial charge >= 0.3 is 0 Å². The molecular formula is C34H54O2Si. The third-order valence-electron chi connectivity index (χ3n) is 7.50. The molecule has 1 atom stereocenters. The fraction of sp³-hybridized carbons (Fsp3) is 0.588. The standard InChI is InChI=1S/C34H54O2Si/c1-5-6-7-8-9-10-11-12-13-14-15-16-17-20-25-31(30-35)36-37(34(2,3)4,32-26-21-18-22-27-32)33-28-23-19-24-29-33/h18-29,31,35H,5-17,30H2,1-4H3/b25-20+/t31-/m1/s1. The highest BCUT2D eigenvalue weighted by Crippen LogP contribution is 2.37. The first-order valence-electron chi connectivity index (χ1n) is 15.0. The van der Waals surface area contributed by atoms with E-state index in [4.69, 9.17) is 4.43 Å². The number of aliphatic hydroxyl groups is 1. The molecule has 0 aromatic heterocycles. The Bertz CT molecular complexity index is 802. The van der Waals surface area contributed by atoms with E-state index < -0.39 is 8.32 Å². The molecule has 2 nitrogen and oxygen atoms in total. The predicted molar refractivity (Wildman–Crippen MR) is 164 cm³/mol. The Kier molecular flexibility index (Phi) is 15.1. The quantitative estimate of drug-likeness (QED) is 0.114. The summed E-state index contributed by atoms with van der Waals surface area (Å²) < 4.78 is 7.04. The van der Waals surface area contributed by atoms with Crippen molar-refractivity contribution in [1.82, 2.24) is 0 Å². The van der Waals surface area contributed by atoms with Gasteiger partial charge in [0.1, 0.15) is 0 Å². The molecule has 1 N–H and O–H groups in total. The summed E-state index contributed by atoms with van der Waals surface area (Å²) >= 11 is 0. The van der Waals surface area contributed by atoms with Crippen LogP contribution in [-0.4, -0.2) is 26.1 Å². The summed E-state index contributed by atoms with van der Waals surface area (Å²) in [4.78, 5) is 0. The van der Waals surface area contributed by atoms with E-state index in [1.165, 1.54) is 87.4 Å². The summed E-state index contributed by atoms with van der Waals surface area (Å²) in [7, 11) is -2.65. The number of rotatable bonds is 19. The van der Waals surface area contributed by atoms with Crippen LogP contribution in [0.25, 0.3) is 0 Å². The maximum atomic E-state index is 10.3. The first-order valence-corrected chi connectivity index (χ1v) is 16.9. The monoisotopic (exact) mass is 522 g/mol. The van der Waals surface area contributed by atoms with Crippen LogP contribution >= 0.6 is 0 Å². The van der Waals surface area contributed by atoms with Crippen molar-refractivity contribution in [3.05, 3.63) is 72.8 Å². The minimum atomic E-state index is -2.65. The van der Waals surface area contributed by atoms with Gasteiger partial charge in [0.25, 0.3) is 8.32 Å². The van der Waals surface area contributed by atoms with Crippen molar-refractivity contribution in [2.24, 2.45) is 0 Å². The highest BCUT2D eigenvalue weighted by molar-refractivity contribution is 6.99. The number of hydrogen-bond acceptors (Lipinski definition) is 2. The van der Waals surface area contributed by atoms with Crippen LogP contribution in [0.3, 0.4) is 0 Å². The Balaban J connectivity index is 1.87. The number of hydrogen-bond donors (Lipinski definition) is 1. The van der Waals surface area contributed by atoms with Gasteiger partial charge in [-0.15, -0.1) is 0 Å². The van der Waals surface area contributed by atoms with Crippen molar-refractivity contribution in [3.8, 4) is 0 Å². The second-order valence-corrected chi connectivity index (χ2v) is 15.9. The first kappa shape index (κ1) is 31.5. The van der Waals surface area contributed by atoms with Gasteiger partial charge in [0.2, 0.25) is 0 Å². The molecule has 0 heterocycles. The van der Waals surface area contributed by atoms with Crippen molar-refractivity contribution in [2.45, 2.75) is 122 Å². The Morgan fingerprint density at radius 2 is 1.14 bits per heavy atom. The number of aliphatic hydroxyl groups excluding tert-OH is 1. The zero-order valence-electron chi connectivity index (χ0n) is 24.3. The fourth-order valence-electron chi connectivity index (χ4n) is 5.41. The molecular weight excluding hydrogens is 468 g/mol. The van der Waals surface area contributed by atoms with E-state index >= 15 is 0 Å². The van der Waals surface area contributed by atoms with E-state index in [1.54, 1.807) is 0 Å². The lowest BCUT2D eigenvalue weighted by Crippen LogP contribution is -2.67. The van der Waals surface area contributed by atoms with E-state index in [2.05, 4.69) is 101 Å². The molecule has 0 aliphatic rings. The van der Waals surface area contributed by atoms with Crippen LogP contribution in [0.1, 0.15) is 111 Å². The largest absolute Gasteiger partial charge is 0.399 e. The molecule has 0 spiro atoms. The van der Waals surface area contributed by atoms with Crippen molar-refractivity contribution < 1.29 is 9.53 Å². The highest BCUT2D eigenvalue weighted by atomic mass is 28.4. The van der Waals surface area contributed by atoms with Gasteiger partial charge in [0.05, 0.1) is 12.7 Å². The average Bonchev–Trinajstić information content (AvgIpc) is 2.91. The smallest absolute Gasteiger partial charge is 0.261 e. The van der Waals surface area contributed by atoms with Crippen LogP contribution in [0, 0.1) is 0 Å². The molecule has 0 fully saturated rings. The fourth-order valence-corrected chi connectivity index (χ4v) is 10.0. The zero-order chi connectivity index (χ0) is 26.8. The van der Waals surface area contributed by atoms with Crippen LogP contribution in [0.15, 0.2) is 72.8 Å². The van der Waals surface area contributed by atoms with E-state index in [9.17, 15) is 5.11 Å². The van der Waals surface area contributed by atoms with Crippen molar-refractivity contribution in [1.29, 1.82) is 0 Å². The maximum Gasteiger partial charge on any atom is 0.261 e. The Labute approximate surface area is 229 Å². The lowest BCUT2D eigenvalue weighted by atomic mass is 10.0. The van der Waals surface area contributed by atoms with Crippen LogP contribution in [0.4, 0.5) is 0 Å². The summed E-state index contributed by atoms with van der Waals surface area (Å²) in [6.45, 7) is 9.13. The first-order chi connectivity index (χ1) is 18.0. The van der Waals surface area contributed by atoms with Crippen LogP contribution in [0.2, 0.25) is 5.04 Å². The lowest BCUT2D eigenvalue weighted by Gasteiger charge is -2.44. The third kappa shape index (κ3) is 10.5. The molecule has 0 saturated heterocycles. The minimum Gasteiger partial charge on any atom is -0.399 e. The van der Waals surface area contributed by atoms with Gasteiger partial charge in [0, 0.05) is 0 Å². The molecule has 37 heavy (non-hydrogen) atoms. The molecule has 0 aliphatic heterocycles. The van der Waals surface area contributed by atoms with Gasteiger partial charge in [-0.05, 0) is 28.3 Å². The number of allylic oxidation sites excluding steroid dienone is 1. The summed E-state index contributed by atoms with van der Waals surface area (Å²) in [6.07, 6.45) is 21.5. The minimum absolute atomic E-state index is 0.000554. The SMILES string of the molecule is CCCCCCCCCCCCCC/C=C/[C@H](CO)O[Si](c1ccccc1)(c1ccccc1)C(C)(C)C. The van der Waals surface area contributed by atoms with Crippen molar-refractivity contribution >= 4 is 18.7 Å². The molecule has 0 bridgehead atoms. The summed E-state index contributed by atoms with van der Waals surface area (Å²) in [5.41, 5.74) is 0. The Hall–Kier alpha value is -1.68. The van der Waals surface area contributed by atoms with Crippen molar-refractivity contribution in [2.75, 3.05) is 6.61 Å². The topological polar surface area (TPSA) is 29.5 Å². The van der Waals surface area contributed by atoms with Crippen LogP contribution < -0.4 is 10.4 Å². The number of benzene rings is 2. The van der Waals surface area contributed by atoms with Crippen LogP contribution in [-0.2, 0) is 4.43 Å². The molecule has 0 unspecified atom stereocenters. The summed E-state index contributed by atoms with van der Waals surface area (Å²) in [5.74, 6) is 0. The lowest BCUT2D eigenvalue weighted by molar-refractivity contribution is 0.141. The maximum absolute atomic E-state index is 10.3. The van der Waals surface area contributed by atoms with Gasteiger partial charge in [-0.25, -0.2) is 0 Å². The second-order valence-electron chi connectivity index (χ2n) is 11.6. The van der Waals surface area contributed by atoms with E-state index in [0.717, 1.165) is 6.42 Å². The van der Waals surface area contributed by atoms with Gasteiger partial charge < -0.3 is 9.53 Å². The van der Waals surface area contributed by atoms with E-state index in [-0.39, 0.29) is 17.7 Å². The molecule has 0 amide bonds.